The summed E-state index contributed by atoms with van der Waals surface area (Å²) in [5, 5.41) is 25.6. The van der Waals surface area contributed by atoms with Gasteiger partial charge in [-0.1, -0.05) is 63.3 Å². The Kier molecular flexibility index (Phi) is 9.15. The van der Waals surface area contributed by atoms with Crippen LogP contribution in [0.5, 0.6) is 0 Å². The van der Waals surface area contributed by atoms with Crippen LogP contribution in [0.15, 0.2) is 77.2 Å². The molecule has 1 aliphatic heterocycles. The van der Waals surface area contributed by atoms with Gasteiger partial charge < -0.3 is 25.0 Å². The van der Waals surface area contributed by atoms with Gasteiger partial charge in [-0.3, -0.25) is 9.59 Å². The zero-order chi connectivity index (χ0) is 32.4. The molecule has 3 N–H and O–H groups in total. The van der Waals surface area contributed by atoms with Gasteiger partial charge in [0.25, 0.3) is 0 Å². The third-order valence-electron chi connectivity index (χ3n) is 11.7. The minimum absolute atomic E-state index is 0. The predicted molar refractivity (Wildman–Crippen MR) is 185 cm³/mol. The lowest BCUT2D eigenvalue weighted by Crippen LogP contribution is -2.63. The number of benzene rings is 2. The van der Waals surface area contributed by atoms with Crippen molar-refractivity contribution in [3.63, 3.8) is 0 Å². The number of anilines is 1. The van der Waals surface area contributed by atoms with Gasteiger partial charge in [-0.2, -0.15) is 0 Å². The number of Topliss-reactive ketones (excluding diaryl/α,β-unsaturated/α-hetero) is 1. The summed E-state index contributed by atoms with van der Waals surface area (Å²) in [4.78, 5) is 27.2. The molecule has 0 amide bonds. The van der Waals surface area contributed by atoms with Crippen LogP contribution >= 0.6 is 11.8 Å². The first-order valence-corrected chi connectivity index (χ1v) is 17.6. The molecular weight excluding hydrogens is 610 g/mol. The molecule has 3 saturated carbocycles. The van der Waals surface area contributed by atoms with E-state index in [4.69, 9.17) is 9.47 Å². The number of ketones is 2. The molecule has 4 fully saturated rings. The van der Waals surface area contributed by atoms with Gasteiger partial charge in [0.2, 0.25) is 0 Å². The molecule has 0 bridgehead atoms. The predicted octanol–water partition coefficient (Wildman–Crippen LogP) is 7.04. The zero-order valence-corrected chi connectivity index (χ0v) is 27.9. The second-order valence-corrected chi connectivity index (χ2v) is 15.7. The van der Waals surface area contributed by atoms with Crippen molar-refractivity contribution >= 4 is 29.0 Å². The van der Waals surface area contributed by atoms with E-state index < -0.39 is 41.5 Å². The van der Waals surface area contributed by atoms with Crippen LogP contribution in [0.1, 0.15) is 78.2 Å². The Labute approximate surface area is 283 Å². The van der Waals surface area contributed by atoms with E-state index in [9.17, 15) is 19.8 Å². The standard InChI is InChI=1S/C38H45NO6S.CH4/c1-22(2)39-26-6-5-7-28(17-26)46-21-23-8-10-24(11-9-23)35-44-33-18-30-29-13-12-25-16-27(41)14-15-36(25,3)34(29)31(42)19-37(30,4)38(33,45-35)32(43)20-40;/h5-11,14-17,22,29-31,33-35,39-40,42H,12-13,18-21H2,1-4H3;1H4/t29-,30-,31-,33+,34+,35+,36-,37-,38+;/m0./s1. The second kappa shape index (κ2) is 12.6. The number of nitrogens with one attached hydrogen (secondary N) is 1. The Hall–Kier alpha value is -2.75. The molecule has 2 aromatic carbocycles. The molecule has 47 heavy (non-hydrogen) atoms. The smallest absolute Gasteiger partial charge is 0.193 e. The SMILES string of the molecule is C.CC(C)Nc1cccc(SCc2ccc([C@@H]3O[C@@H]4C[C@H]5[C@@H]6CCC7=CC(=O)C=C[C@]7(C)[C@H]6[C@@H](O)C[C@]5(C)[C@]4(C(=O)CO)O3)cc2)c1. The van der Waals surface area contributed by atoms with Crippen molar-refractivity contribution in [2.75, 3.05) is 11.9 Å². The number of rotatable bonds is 8. The first kappa shape index (κ1) is 34.1. The topological polar surface area (TPSA) is 105 Å². The molecule has 9 atom stereocenters. The zero-order valence-electron chi connectivity index (χ0n) is 27.1. The summed E-state index contributed by atoms with van der Waals surface area (Å²) in [6.07, 6.45) is 6.04. The number of carbonyl (C=O) groups excluding carboxylic acids is 2. The Morgan fingerprint density at radius 1 is 1.15 bits per heavy atom. The second-order valence-electron chi connectivity index (χ2n) is 14.7. The third-order valence-corrected chi connectivity index (χ3v) is 12.8. The number of aliphatic hydroxyl groups is 2. The van der Waals surface area contributed by atoms with E-state index in [-0.39, 0.29) is 36.7 Å². The molecule has 7 rings (SSSR count). The Morgan fingerprint density at radius 2 is 1.91 bits per heavy atom. The van der Waals surface area contributed by atoms with Crippen molar-refractivity contribution in [1.29, 1.82) is 0 Å². The van der Waals surface area contributed by atoms with Gasteiger partial charge in [0, 0.05) is 44.7 Å². The van der Waals surface area contributed by atoms with Crippen LogP contribution in [0.2, 0.25) is 0 Å². The van der Waals surface area contributed by atoms with Crippen molar-refractivity contribution in [3.05, 3.63) is 83.5 Å². The van der Waals surface area contributed by atoms with Crippen LogP contribution in [-0.4, -0.2) is 52.2 Å². The monoisotopic (exact) mass is 659 g/mol. The maximum atomic E-state index is 13.8. The molecule has 0 spiro atoms. The number of fused-ring (bicyclic) bond motifs is 7. The van der Waals surface area contributed by atoms with Crippen LogP contribution in [0.4, 0.5) is 5.69 Å². The minimum Gasteiger partial charge on any atom is -0.393 e. The van der Waals surface area contributed by atoms with Crippen molar-refractivity contribution in [3.8, 4) is 0 Å². The summed E-state index contributed by atoms with van der Waals surface area (Å²) >= 11 is 1.78. The quantitative estimate of drug-likeness (QED) is 0.260. The first-order chi connectivity index (χ1) is 22.0. The fourth-order valence-electron chi connectivity index (χ4n) is 9.78. The average molecular weight is 660 g/mol. The van der Waals surface area contributed by atoms with E-state index in [0.29, 0.717) is 18.9 Å². The van der Waals surface area contributed by atoms with E-state index in [1.807, 2.05) is 18.2 Å². The summed E-state index contributed by atoms with van der Waals surface area (Å²) in [6.45, 7) is 7.82. The maximum Gasteiger partial charge on any atom is 0.193 e. The van der Waals surface area contributed by atoms with Crippen LogP contribution in [-0.2, 0) is 24.8 Å². The molecule has 252 valence electrons. The Bertz CT molecular complexity index is 1590. The molecule has 5 aliphatic rings. The fourth-order valence-corrected chi connectivity index (χ4v) is 10.7. The Balaban J connectivity index is 0.00000386. The summed E-state index contributed by atoms with van der Waals surface area (Å²) in [5.41, 5.74) is 1.75. The van der Waals surface area contributed by atoms with Gasteiger partial charge in [0.05, 0.1) is 12.2 Å². The van der Waals surface area contributed by atoms with Gasteiger partial charge in [-0.15, -0.1) is 11.8 Å². The van der Waals surface area contributed by atoms with Crippen molar-refractivity contribution in [1.82, 2.24) is 0 Å². The number of allylic oxidation sites excluding steroid dienone is 4. The maximum absolute atomic E-state index is 13.8. The molecule has 8 heteroatoms. The first-order valence-electron chi connectivity index (χ1n) is 16.7. The van der Waals surface area contributed by atoms with Gasteiger partial charge >= 0.3 is 0 Å². The van der Waals surface area contributed by atoms with Crippen LogP contribution < -0.4 is 5.32 Å². The number of ether oxygens (including phenoxy) is 2. The summed E-state index contributed by atoms with van der Waals surface area (Å²) in [5.74, 6) is 0.585. The van der Waals surface area contributed by atoms with Gasteiger partial charge in [0.15, 0.2) is 23.5 Å². The highest BCUT2D eigenvalue weighted by atomic mass is 32.2. The largest absolute Gasteiger partial charge is 0.393 e. The lowest BCUT2D eigenvalue weighted by Gasteiger charge is -2.59. The van der Waals surface area contributed by atoms with E-state index in [2.05, 4.69) is 69.4 Å². The molecule has 2 aromatic rings. The molecule has 0 radical (unpaired) electrons. The van der Waals surface area contributed by atoms with Crippen LogP contribution in [0.25, 0.3) is 0 Å². The average Bonchev–Trinajstić information content (AvgIpc) is 3.53. The minimum atomic E-state index is -1.35. The molecule has 7 nitrogen and oxygen atoms in total. The van der Waals surface area contributed by atoms with Crippen LogP contribution in [0, 0.1) is 28.6 Å². The molecular formula is C39H49NO6S. The number of hydrogen-bond acceptors (Lipinski definition) is 8. The third kappa shape index (κ3) is 5.45. The van der Waals surface area contributed by atoms with Gasteiger partial charge in [0.1, 0.15) is 6.61 Å². The summed E-state index contributed by atoms with van der Waals surface area (Å²) < 4.78 is 13.4. The van der Waals surface area contributed by atoms with Crippen molar-refractivity contribution in [2.45, 2.75) is 102 Å². The van der Waals surface area contributed by atoms with Crippen molar-refractivity contribution < 1.29 is 29.3 Å². The van der Waals surface area contributed by atoms with E-state index >= 15 is 0 Å². The number of hydrogen-bond donors (Lipinski definition) is 3. The summed E-state index contributed by atoms with van der Waals surface area (Å²) in [6, 6.07) is 17.0. The molecule has 1 saturated heterocycles. The van der Waals surface area contributed by atoms with E-state index in [1.165, 1.54) is 10.5 Å². The summed E-state index contributed by atoms with van der Waals surface area (Å²) in [7, 11) is 0. The number of carbonyl (C=O) groups is 2. The van der Waals surface area contributed by atoms with Crippen LogP contribution in [0.3, 0.4) is 0 Å². The lowest BCUT2D eigenvalue weighted by atomic mass is 9.46. The number of thioether (sulfide) groups is 1. The highest BCUT2D eigenvalue weighted by Gasteiger charge is 2.75. The number of aliphatic hydroxyl groups excluding tert-OH is 2. The van der Waals surface area contributed by atoms with Crippen molar-refractivity contribution in [2.24, 2.45) is 28.6 Å². The fraction of sp³-hybridized carbons (Fsp3) is 0.538. The Morgan fingerprint density at radius 3 is 2.64 bits per heavy atom. The molecule has 1 heterocycles. The molecule has 4 aliphatic carbocycles. The lowest BCUT2D eigenvalue weighted by molar-refractivity contribution is -0.201. The molecule has 0 unspecified atom stereocenters. The highest BCUT2D eigenvalue weighted by molar-refractivity contribution is 7.98. The van der Waals surface area contributed by atoms with E-state index in [1.54, 1.807) is 23.9 Å². The molecule has 0 aromatic heterocycles. The van der Waals surface area contributed by atoms with Gasteiger partial charge in [-0.05, 0) is 87.3 Å². The normalized spacial score (nSPS) is 36.9. The van der Waals surface area contributed by atoms with E-state index in [0.717, 1.165) is 35.4 Å². The van der Waals surface area contributed by atoms with Gasteiger partial charge in [-0.25, -0.2) is 0 Å². The highest BCUT2D eigenvalue weighted by Crippen LogP contribution is 2.70.